The topological polar surface area (TPSA) is 61.5 Å². The number of imidazole rings is 1. The van der Waals surface area contributed by atoms with E-state index < -0.39 is 0 Å². The maximum absolute atomic E-state index is 12.9. The number of nitrogens with one attached hydrogen (secondary N) is 1. The molecule has 6 heteroatoms. The third-order valence-electron chi connectivity index (χ3n) is 5.73. The lowest BCUT2D eigenvalue weighted by molar-refractivity contribution is -0.134. The number of carbonyl (C=O) groups excluding carboxylic acids is 1. The molecule has 1 aliphatic carbocycles. The fourth-order valence-electron chi connectivity index (χ4n) is 4.55. The number of hydrogen-bond donors (Lipinski definition) is 1. The minimum absolute atomic E-state index is 0.182. The molecule has 1 N–H and O–H groups in total. The first kappa shape index (κ1) is 16.1. The van der Waals surface area contributed by atoms with Crippen molar-refractivity contribution < 1.29 is 9.53 Å². The van der Waals surface area contributed by atoms with Gasteiger partial charge in [0.2, 0.25) is 5.91 Å². The highest BCUT2D eigenvalue weighted by atomic mass is 16.5. The van der Waals surface area contributed by atoms with E-state index in [4.69, 9.17) is 4.74 Å². The molecule has 3 heterocycles. The van der Waals surface area contributed by atoms with E-state index in [0.717, 1.165) is 45.0 Å². The molecule has 4 rings (SSSR count). The summed E-state index contributed by atoms with van der Waals surface area (Å²) in [5.74, 6) is 2.36. The number of nitrogens with zero attached hydrogens (tertiary/aromatic N) is 3. The summed E-state index contributed by atoms with van der Waals surface area (Å²) in [4.78, 5) is 25.0. The van der Waals surface area contributed by atoms with Crippen molar-refractivity contribution in [3.8, 4) is 0 Å². The van der Waals surface area contributed by atoms with Crippen molar-refractivity contribution in [3.05, 3.63) is 18.2 Å². The smallest absolute Gasteiger partial charge is 0.223 e. The quantitative estimate of drug-likeness (QED) is 0.911. The number of aromatic nitrogens is 2. The van der Waals surface area contributed by atoms with E-state index >= 15 is 0 Å². The normalized spacial score (nSPS) is 28.9. The van der Waals surface area contributed by atoms with E-state index in [1.54, 1.807) is 6.20 Å². The molecule has 2 bridgehead atoms. The molecular formula is C18H28N4O2. The molecule has 3 aliphatic rings. The second-order valence-electron chi connectivity index (χ2n) is 7.69. The maximum atomic E-state index is 12.9. The van der Waals surface area contributed by atoms with Crippen molar-refractivity contribution in [1.82, 2.24) is 19.8 Å². The lowest BCUT2D eigenvalue weighted by atomic mass is 10.0. The highest BCUT2D eigenvalue weighted by Crippen LogP contribution is 2.29. The fourth-order valence-corrected chi connectivity index (χ4v) is 4.55. The Morgan fingerprint density at radius 2 is 2.12 bits per heavy atom. The number of aromatic amines is 1. The fraction of sp³-hybridized carbons (Fsp3) is 0.778. The van der Waals surface area contributed by atoms with Gasteiger partial charge >= 0.3 is 0 Å². The summed E-state index contributed by atoms with van der Waals surface area (Å²) in [6, 6.07) is 0.182. The molecule has 24 heavy (non-hydrogen) atoms. The summed E-state index contributed by atoms with van der Waals surface area (Å²) in [7, 11) is 0. The number of amides is 1. The van der Waals surface area contributed by atoms with Crippen LogP contribution in [-0.4, -0.2) is 64.6 Å². The van der Waals surface area contributed by atoms with Gasteiger partial charge in [-0.1, -0.05) is 12.8 Å². The van der Waals surface area contributed by atoms with Crippen molar-refractivity contribution in [1.29, 1.82) is 0 Å². The minimum atomic E-state index is 0.182. The number of carbonyl (C=O) groups is 1. The largest absolute Gasteiger partial charge is 0.379 e. The van der Waals surface area contributed by atoms with Gasteiger partial charge < -0.3 is 14.6 Å². The van der Waals surface area contributed by atoms with Crippen LogP contribution in [0.15, 0.2) is 12.4 Å². The van der Waals surface area contributed by atoms with Crippen LogP contribution in [0.1, 0.15) is 37.9 Å². The van der Waals surface area contributed by atoms with Crippen molar-refractivity contribution in [2.24, 2.45) is 11.8 Å². The minimum Gasteiger partial charge on any atom is -0.379 e. The van der Waals surface area contributed by atoms with Gasteiger partial charge in [-0.3, -0.25) is 9.69 Å². The molecule has 2 aliphatic heterocycles. The summed E-state index contributed by atoms with van der Waals surface area (Å²) < 4.78 is 5.85. The number of ether oxygens (including phenoxy) is 1. The third-order valence-corrected chi connectivity index (χ3v) is 5.73. The van der Waals surface area contributed by atoms with Crippen LogP contribution in [0.2, 0.25) is 0 Å². The van der Waals surface area contributed by atoms with Crippen LogP contribution in [0, 0.1) is 11.8 Å². The Kier molecular flexibility index (Phi) is 4.85. The lowest BCUT2D eigenvalue weighted by Crippen LogP contribution is -2.46. The standard InChI is InChI=1S/C18H28N4O2/c23-18(7-14-3-1-2-4-14)22-9-15-8-21(10-16(22)13-24-12-15)11-17-19-5-6-20-17/h5-6,14-16H,1-4,7-13H2,(H,19,20)/t15-,16-/m0/s1. The molecule has 0 radical (unpaired) electrons. The molecule has 3 fully saturated rings. The number of hydrogen-bond acceptors (Lipinski definition) is 4. The summed E-state index contributed by atoms with van der Waals surface area (Å²) in [5, 5.41) is 0. The first-order valence-electron chi connectivity index (χ1n) is 9.36. The lowest BCUT2D eigenvalue weighted by Gasteiger charge is -2.31. The molecule has 0 unspecified atom stereocenters. The molecule has 1 aromatic heterocycles. The van der Waals surface area contributed by atoms with Gasteiger partial charge in [0.25, 0.3) is 0 Å². The van der Waals surface area contributed by atoms with Gasteiger partial charge in [0.1, 0.15) is 5.82 Å². The SMILES string of the molecule is O=C(CC1CCCC1)N1C[C@H]2COC[C@@H]1CN(Cc1ncc[nH]1)C2. The molecule has 0 aromatic carbocycles. The van der Waals surface area contributed by atoms with Crippen LogP contribution in [0.4, 0.5) is 0 Å². The Morgan fingerprint density at radius 3 is 2.92 bits per heavy atom. The second kappa shape index (κ2) is 7.23. The summed E-state index contributed by atoms with van der Waals surface area (Å²) in [6.07, 6.45) is 9.46. The molecule has 0 spiro atoms. The summed E-state index contributed by atoms with van der Waals surface area (Å²) in [5.41, 5.74) is 0. The molecular weight excluding hydrogens is 304 g/mol. The van der Waals surface area contributed by atoms with Gasteiger partial charge in [0.15, 0.2) is 0 Å². The molecule has 1 saturated carbocycles. The zero-order valence-corrected chi connectivity index (χ0v) is 14.3. The van der Waals surface area contributed by atoms with Gasteiger partial charge in [-0.25, -0.2) is 4.98 Å². The predicted octanol–water partition coefficient (Wildman–Crippen LogP) is 1.65. The van der Waals surface area contributed by atoms with Crippen LogP contribution < -0.4 is 0 Å². The monoisotopic (exact) mass is 332 g/mol. The van der Waals surface area contributed by atoms with Gasteiger partial charge in [0, 0.05) is 44.4 Å². The first-order valence-corrected chi connectivity index (χ1v) is 9.36. The molecule has 2 saturated heterocycles. The first-order chi connectivity index (χ1) is 11.8. The van der Waals surface area contributed by atoms with Crippen LogP contribution in [0.5, 0.6) is 0 Å². The van der Waals surface area contributed by atoms with Crippen molar-refractivity contribution in [2.45, 2.75) is 44.7 Å². The van der Waals surface area contributed by atoms with Crippen LogP contribution in [0.3, 0.4) is 0 Å². The molecule has 132 valence electrons. The Labute approximate surface area is 143 Å². The van der Waals surface area contributed by atoms with Crippen molar-refractivity contribution >= 4 is 5.91 Å². The van der Waals surface area contributed by atoms with Gasteiger partial charge in [-0.2, -0.15) is 0 Å². The molecule has 1 amide bonds. The molecule has 2 atom stereocenters. The van der Waals surface area contributed by atoms with Crippen LogP contribution >= 0.6 is 0 Å². The Hall–Kier alpha value is -1.40. The van der Waals surface area contributed by atoms with Crippen LogP contribution in [0.25, 0.3) is 0 Å². The van der Waals surface area contributed by atoms with Gasteiger partial charge in [-0.05, 0) is 18.8 Å². The third kappa shape index (κ3) is 3.64. The summed E-state index contributed by atoms with van der Waals surface area (Å²) in [6.45, 7) is 4.97. The number of H-pyrrole nitrogens is 1. The van der Waals surface area contributed by atoms with E-state index in [1.165, 1.54) is 25.7 Å². The molecule has 1 aromatic rings. The molecule has 6 nitrogen and oxygen atoms in total. The van der Waals surface area contributed by atoms with Crippen LogP contribution in [-0.2, 0) is 16.1 Å². The highest BCUT2D eigenvalue weighted by Gasteiger charge is 2.36. The zero-order chi connectivity index (χ0) is 16.4. The zero-order valence-electron chi connectivity index (χ0n) is 14.3. The predicted molar refractivity (Wildman–Crippen MR) is 90.2 cm³/mol. The van der Waals surface area contributed by atoms with E-state index in [-0.39, 0.29) is 6.04 Å². The number of rotatable bonds is 4. The Bertz CT molecular complexity index is 541. The Morgan fingerprint density at radius 1 is 1.25 bits per heavy atom. The Balaban J connectivity index is 1.43. The van der Waals surface area contributed by atoms with Gasteiger partial charge in [0.05, 0.1) is 25.8 Å². The average Bonchev–Trinajstić information content (AvgIpc) is 3.16. The van der Waals surface area contributed by atoms with Gasteiger partial charge in [-0.15, -0.1) is 0 Å². The van der Waals surface area contributed by atoms with Crippen molar-refractivity contribution in [2.75, 3.05) is 32.8 Å². The summed E-state index contributed by atoms with van der Waals surface area (Å²) >= 11 is 0. The van der Waals surface area contributed by atoms with E-state index in [0.29, 0.717) is 24.3 Å². The van der Waals surface area contributed by atoms with Crippen molar-refractivity contribution in [3.63, 3.8) is 0 Å². The second-order valence-corrected chi connectivity index (χ2v) is 7.69. The van der Waals surface area contributed by atoms with E-state index in [1.807, 2.05) is 6.20 Å². The average molecular weight is 332 g/mol. The number of fused-ring (bicyclic) bond motifs is 3. The maximum Gasteiger partial charge on any atom is 0.223 e. The van der Waals surface area contributed by atoms with E-state index in [9.17, 15) is 4.79 Å². The highest BCUT2D eigenvalue weighted by molar-refractivity contribution is 5.77. The van der Waals surface area contributed by atoms with E-state index in [2.05, 4.69) is 19.8 Å².